The number of anilines is 1. The number of methoxy groups -OCH3 is 1. The van der Waals surface area contributed by atoms with Crippen LogP contribution in [-0.2, 0) is 14.3 Å². The van der Waals surface area contributed by atoms with Gasteiger partial charge in [0.1, 0.15) is 30.3 Å². The minimum Gasteiger partial charge on any atom is -0.496 e. The van der Waals surface area contributed by atoms with Crippen LogP contribution in [0.2, 0.25) is 5.02 Å². The zero-order chi connectivity index (χ0) is 23.2. The molecular formula is C24H26ClNO6. The molecule has 0 aliphatic carbocycles. The molecule has 32 heavy (non-hydrogen) atoms. The van der Waals surface area contributed by atoms with Crippen molar-refractivity contribution in [2.75, 3.05) is 18.6 Å². The maximum atomic E-state index is 13.8. The fraction of sp³-hybridized carbons (Fsp3) is 0.417. The van der Waals surface area contributed by atoms with Gasteiger partial charge in [-0.05, 0) is 17.5 Å². The number of carboxylic acids is 1. The van der Waals surface area contributed by atoms with Gasteiger partial charge >= 0.3 is 5.97 Å². The van der Waals surface area contributed by atoms with Crippen molar-refractivity contribution in [3.05, 3.63) is 52.5 Å². The predicted octanol–water partition coefficient (Wildman–Crippen LogP) is 4.45. The molecule has 7 nitrogen and oxygen atoms in total. The molecule has 4 rings (SSSR count). The van der Waals surface area contributed by atoms with Crippen LogP contribution in [0.3, 0.4) is 0 Å². The van der Waals surface area contributed by atoms with E-state index in [2.05, 4.69) is 0 Å². The molecule has 2 aliphatic heterocycles. The number of halogens is 1. The van der Waals surface area contributed by atoms with Crippen LogP contribution in [-0.4, -0.2) is 42.8 Å². The first-order chi connectivity index (χ1) is 15.1. The van der Waals surface area contributed by atoms with Gasteiger partial charge in [-0.15, -0.1) is 0 Å². The van der Waals surface area contributed by atoms with Crippen molar-refractivity contribution in [1.29, 1.82) is 0 Å². The second kappa shape index (κ2) is 8.30. The summed E-state index contributed by atoms with van der Waals surface area (Å²) < 4.78 is 17.9. The van der Waals surface area contributed by atoms with Crippen LogP contribution in [0.4, 0.5) is 5.69 Å². The highest BCUT2D eigenvalue weighted by atomic mass is 35.5. The van der Waals surface area contributed by atoms with Crippen LogP contribution in [0, 0.1) is 5.41 Å². The first-order valence-corrected chi connectivity index (χ1v) is 10.8. The van der Waals surface area contributed by atoms with Gasteiger partial charge in [-0.2, -0.15) is 0 Å². The van der Waals surface area contributed by atoms with Crippen LogP contribution in [0.1, 0.15) is 44.4 Å². The van der Waals surface area contributed by atoms with Crippen molar-refractivity contribution in [1.82, 2.24) is 0 Å². The molecule has 2 aromatic carbocycles. The third-order valence-corrected chi connectivity index (χ3v) is 6.11. The van der Waals surface area contributed by atoms with Crippen LogP contribution in [0.25, 0.3) is 0 Å². The lowest BCUT2D eigenvalue weighted by Crippen LogP contribution is -2.56. The minimum absolute atomic E-state index is 0.265. The molecule has 0 aromatic heterocycles. The molecule has 1 N–H and O–H groups in total. The SMILES string of the molecule is COc1ccccc1[C@H]1O[C@H](CC(=O)O)C(=O)N2c3c(cc(Cl)cc31)OC[C@H]2C(C)(C)C. The first kappa shape index (κ1) is 22.4. The Hall–Kier alpha value is -2.77. The van der Waals surface area contributed by atoms with Gasteiger partial charge in [0.2, 0.25) is 0 Å². The maximum absolute atomic E-state index is 13.8. The Morgan fingerprint density at radius 1 is 1.25 bits per heavy atom. The van der Waals surface area contributed by atoms with E-state index in [1.165, 1.54) is 0 Å². The number of carbonyl (C=O) groups excluding carboxylic acids is 1. The van der Waals surface area contributed by atoms with Crippen LogP contribution in [0.15, 0.2) is 36.4 Å². The lowest BCUT2D eigenvalue weighted by atomic mass is 9.84. The zero-order valence-electron chi connectivity index (χ0n) is 18.4. The molecule has 2 aromatic rings. The molecule has 1 amide bonds. The zero-order valence-corrected chi connectivity index (χ0v) is 19.2. The summed E-state index contributed by atoms with van der Waals surface area (Å²) >= 11 is 6.43. The number of aliphatic carboxylic acids is 1. The van der Waals surface area contributed by atoms with Gasteiger partial charge in [0.15, 0.2) is 0 Å². The fourth-order valence-electron chi connectivity index (χ4n) is 4.33. The number of rotatable bonds is 4. The maximum Gasteiger partial charge on any atom is 0.306 e. The summed E-state index contributed by atoms with van der Waals surface area (Å²) in [7, 11) is 1.55. The normalized spacial score (nSPS) is 22.6. The van der Waals surface area contributed by atoms with Gasteiger partial charge in [0.05, 0.1) is 25.3 Å². The molecule has 3 atom stereocenters. The Morgan fingerprint density at radius 2 is 1.97 bits per heavy atom. The van der Waals surface area contributed by atoms with E-state index >= 15 is 0 Å². The highest BCUT2D eigenvalue weighted by molar-refractivity contribution is 6.31. The molecule has 0 bridgehead atoms. The molecule has 8 heteroatoms. The van der Waals surface area contributed by atoms with Gasteiger partial charge in [-0.3, -0.25) is 14.5 Å². The summed E-state index contributed by atoms with van der Waals surface area (Å²) in [5, 5.41) is 9.96. The van der Waals surface area contributed by atoms with E-state index in [0.29, 0.717) is 33.3 Å². The quantitative estimate of drug-likeness (QED) is 0.727. The number of hydrogen-bond donors (Lipinski definition) is 1. The average molecular weight is 460 g/mol. The minimum atomic E-state index is -1.19. The van der Waals surface area contributed by atoms with E-state index in [9.17, 15) is 14.7 Å². The van der Waals surface area contributed by atoms with Crippen LogP contribution < -0.4 is 14.4 Å². The number of para-hydroxylation sites is 1. The average Bonchev–Trinajstić information content (AvgIpc) is 2.84. The molecule has 0 unspecified atom stereocenters. The molecule has 0 fully saturated rings. The summed E-state index contributed by atoms with van der Waals surface area (Å²) in [5.41, 5.74) is 1.53. The van der Waals surface area contributed by atoms with E-state index in [0.717, 1.165) is 0 Å². The van der Waals surface area contributed by atoms with Crippen molar-refractivity contribution in [2.45, 2.75) is 45.4 Å². The molecule has 0 saturated carbocycles. The first-order valence-electron chi connectivity index (χ1n) is 10.4. The number of amides is 1. The van der Waals surface area contributed by atoms with Crippen molar-refractivity contribution in [3.8, 4) is 11.5 Å². The van der Waals surface area contributed by atoms with Gasteiger partial charge < -0.3 is 19.3 Å². The molecular weight excluding hydrogens is 434 g/mol. The largest absolute Gasteiger partial charge is 0.496 e. The summed E-state index contributed by atoms with van der Waals surface area (Å²) in [6.07, 6.45) is -2.43. The van der Waals surface area contributed by atoms with E-state index in [4.69, 9.17) is 25.8 Å². The second-order valence-electron chi connectivity index (χ2n) is 9.09. The Bertz CT molecular complexity index is 1060. The van der Waals surface area contributed by atoms with Crippen LogP contribution in [0.5, 0.6) is 11.5 Å². The highest BCUT2D eigenvalue weighted by Crippen LogP contribution is 2.50. The molecule has 170 valence electrons. The topological polar surface area (TPSA) is 85.3 Å². The van der Waals surface area contributed by atoms with Gasteiger partial charge in [0.25, 0.3) is 5.91 Å². The Balaban J connectivity index is 1.99. The third kappa shape index (κ3) is 3.91. The smallest absolute Gasteiger partial charge is 0.306 e. The summed E-state index contributed by atoms with van der Waals surface area (Å²) in [5.74, 6) is -0.490. The van der Waals surface area contributed by atoms with E-state index in [1.54, 1.807) is 30.2 Å². The standard InChI is InChI=1S/C24H26ClNO6/c1-24(2,3)19-12-31-17-10-13(25)9-15-21(17)26(19)23(29)18(11-20(27)28)32-22(15)14-7-5-6-8-16(14)30-4/h5-10,18-19,22H,11-12H2,1-4H3,(H,27,28)/t18-,19+,22-/m1/s1. The lowest BCUT2D eigenvalue weighted by molar-refractivity contribution is -0.147. The number of nitrogens with zero attached hydrogens (tertiary/aromatic N) is 1. The van der Waals surface area contributed by atoms with Crippen molar-refractivity contribution < 1.29 is 28.9 Å². The van der Waals surface area contributed by atoms with E-state index < -0.39 is 30.5 Å². The summed E-state index contributed by atoms with van der Waals surface area (Å²) in [6, 6.07) is 10.4. The number of carbonyl (C=O) groups is 2. The molecule has 0 spiro atoms. The van der Waals surface area contributed by atoms with Gasteiger partial charge in [-0.25, -0.2) is 0 Å². The monoisotopic (exact) mass is 459 g/mol. The fourth-order valence-corrected chi connectivity index (χ4v) is 4.55. The van der Waals surface area contributed by atoms with Crippen molar-refractivity contribution in [2.24, 2.45) is 5.41 Å². The number of ether oxygens (including phenoxy) is 3. The Morgan fingerprint density at radius 3 is 2.62 bits per heavy atom. The number of carboxylic acid groups (broad SMARTS) is 1. The van der Waals surface area contributed by atoms with Gasteiger partial charge in [0, 0.05) is 22.2 Å². The predicted molar refractivity (Wildman–Crippen MR) is 120 cm³/mol. The lowest BCUT2D eigenvalue weighted by Gasteiger charge is -2.44. The highest BCUT2D eigenvalue weighted by Gasteiger charge is 2.47. The van der Waals surface area contributed by atoms with E-state index in [1.807, 2.05) is 39.0 Å². The van der Waals surface area contributed by atoms with Crippen LogP contribution >= 0.6 is 11.6 Å². The van der Waals surface area contributed by atoms with Crippen molar-refractivity contribution in [3.63, 3.8) is 0 Å². The summed E-state index contributed by atoms with van der Waals surface area (Å²) in [6.45, 7) is 6.32. The second-order valence-corrected chi connectivity index (χ2v) is 9.52. The molecule has 2 heterocycles. The molecule has 0 radical (unpaired) electrons. The van der Waals surface area contributed by atoms with E-state index in [-0.39, 0.29) is 18.1 Å². The van der Waals surface area contributed by atoms with Gasteiger partial charge in [-0.1, -0.05) is 50.6 Å². The van der Waals surface area contributed by atoms with Crippen molar-refractivity contribution >= 4 is 29.2 Å². The molecule has 2 aliphatic rings. The third-order valence-electron chi connectivity index (χ3n) is 5.90. The Labute approximate surface area is 191 Å². The number of benzene rings is 2. The molecule has 0 saturated heterocycles. The number of hydrogen-bond acceptors (Lipinski definition) is 5. The Kier molecular flexibility index (Phi) is 5.81. The summed E-state index contributed by atoms with van der Waals surface area (Å²) in [4.78, 5) is 27.1.